The third-order valence-electron chi connectivity index (χ3n) is 12.6. The second kappa shape index (κ2) is 15.9. The molecule has 9 rings (SSSR count). The van der Waals surface area contributed by atoms with E-state index in [-0.39, 0.29) is 17.9 Å². The summed E-state index contributed by atoms with van der Waals surface area (Å²) in [5.74, 6) is 0.296. The number of hydrogen-bond acceptors (Lipinski definition) is 6. The second-order valence-corrected chi connectivity index (χ2v) is 16.1. The quantitative estimate of drug-likeness (QED) is 0.170. The number of benzene rings is 4. The Bertz CT molecular complexity index is 2570. The average molecular weight is 791 g/mol. The SMILES string of the molecule is Cc1c(C(=O)N(C)c2ccccc2)cc(-c2cc3c(cc2C(=O)N2Cc4ccccc4C[C@H]2CN2CCOCC2)CN(C(=O)Oc2ccc4c(ccn4C)c2)CC3)n1C. The van der Waals surface area contributed by atoms with Crippen LogP contribution in [-0.4, -0.2) is 94.2 Å². The highest BCUT2D eigenvalue weighted by Crippen LogP contribution is 2.36. The largest absolute Gasteiger partial charge is 0.415 e. The van der Waals surface area contributed by atoms with Gasteiger partial charge in [-0.3, -0.25) is 14.5 Å². The third-order valence-corrected chi connectivity index (χ3v) is 12.6. The van der Waals surface area contributed by atoms with E-state index in [1.165, 1.54) is 5.56 Å². The number of morpholine rings is 1. The minimum Gasteiger partial charge on any atom is -0.410 e. The van der Waals surface area contributed by atoms with Crippen molar-refractivity contribution >= 4 is 34.5 Å². The lowest BCUT2D eigenvalue weighted by Gasteiger charge is -2.41. The Hall–Kier alpha value is -6.17. The number of para-hydroxylation sites is 1. The van der Waals surface area contributed by atoms with Crippen molar-refractivity contribution in [2.75, 3.05) is 51.3 Å². The van der Waals surface area contributed by atoms with Gasteiger partial charge in [0.25, 0.3) is 11.8 Å². The van der Waals surface area contributed by atoms with Crippen LogP contribution in [0.15, 0.2) is 103 Å². The van der Waals surface area contributed by atoms with E-state index in [0.717, 1.165) is 76.3 Å². The smallest absolute Gasteiger partial charge is 0.410 e. The average Bonchev–Trinajstić information content (AvgIpc) is 3.79. The van der Waals surface area contributed by atoms with E-state index >= 15 is 4.79 Å². The number of fused-ring (bicyclic) bond motifs is 3. The van der Waals surface area contributed by atoms with Crippen molar-refractivity contribution in [3.8, 4) is 17.0 Å². The molecule has 11 nitrogen and oxygen atoms in total. The monoisotopic (exact) mass is 790 g/mol. The molecule has 0 unspecified atom stereocenters. The molecule has 3 aliphatic rings. The van der Waals surface area contributed by atoms with Crippen molar-refractivity contribution in [1.82, 2.24) is 23.8 Å². The molecule has 3 amide bonds. The van der Waals surface area contributed by atoms with Gasteiger partial charge >= 0.3 is 6.09 Å². The molecule has 4 aromatic carbocycles. The van der Waals surface area contributed by atoms with Crippen LogP contribution in [0.4, 0.5) is 10.5 Å². The summed E-state index contributed by atoms with van der Waals surface area (Å²) >= 11 is 0. The second-order valence-electron chi connectivity index (χ2n) is 16.1. The van der Waals surface area contributed by atoms with Crippen LogP contribution in [0.3, 0.4) is 0 Å². The highest BCUT2D eigenvalue weighted by molar-refractivity contribution is 6.08. The van der Waals surface area contributed by atoms with Gasteiger partial charge in [0, 0.05) is 112 Å². The van der Waals surface area contributed by atoms with Crippen LogP contribution in [0, 0.1) is 6.92 Å². The molecule has 0 aliphatic carbocycles. The number of hydrogen-bond donors (Lipinski definition) is 0. The molecule has 6 aromatic rings. The van der Waals surface area contributed by atoms with Gasteiger partial charge < -0.3 is 33.3 Å². The summed E-state index contributed by atoms with van der Waals surface area (Å²) in [6.45, 7) is 6.97. The van der Waals surface area contributed by atoms with Gasteiger partial charge in [-0.05, 0) is 96.6 Å². The molecule has 0 radical (unpaired) electrons. The van der Waals surface area contributed by atoms with Crippen molar-refractivity contribution in [3.63, 3.8) is 0 Å². The highest BCUT2D eigenvalue weighted by Gasteiger charge is 2.35. The zero-order valence-electron chi connectivity index (χ0n) is 34.2. The van der Waals surface area contributed by atoms with E-state index in [2.05, 4.69) is 29.2 Å². The summed E-state index contributed by atoms with van der Waals surface area (Å²) < 4.78 is 15.7. The van der Waals surface area contributed by atoms with E-state index in [0.29, 0.717) is 56.1 Å². The maximum atomic E-state index is 15.4. The molecular weight excluding hydrogens is 741 g/mol. The Morgan fingerprint density at radius 3 is 2.36 bits per heavy atom. The lowest BCUT2D eigenvalue weighted by Crippen LogP contribution is -2.52. The van der Waals surface area contributed by atoms with Gasteiger partial charge in [-0.2, -0.15) is 0 Å². The topological polar surface area (TPSA) is 92.5 Å². The maximum absolute atomic E-state index is 15.4. The first kappa shape index (κ1) is 38.4. The molecule has 1 saturated heterocycles. The number of aryl methyl sites for hydroxylation is 1. The van der Waals surface area contributed by atoms with Crippen LogP contribution in [0.25, 0.3) is 22.2 Å². The fourth-order valence-electron chi connectivity index (χ4n) is 8.99. The minimum absolute atomic E-state index is 0.0559. The number of anilines is 1. The van der Waals surface area contributed by atoms with E-state index in [1.807, 2.05) is 114 Å². The predicted molar refractivity (Wildman–Crippen MR) is 229 cm³/mol. The molecular formula is C48H50N6O5. The Morgan fingerprint density at radius 2 is 1.56 bits per heavy atom. The lowest BCUT2D eigenvalue weighted by atomic mass is 9.89. The third kappa shape index (κ3) is 7.41. The van der Waals surface area contributed by atoms with Crippen molar-refractivity contribution in [2.45, 2.75) is 38.9 Å². The number of rotatable bonds is 7. The summed E-state index contributed by atoms with van der Waals surface area (Å²) in [6.07, 6.45) is 2.90. The van der Waals surface area contributed by atoms with Gasteiger partial charge in [0.2, 0.25) is 0 Å². The summed E-state index contributed by atoms with van der Waals surface area (Å²) in [6, 6.07) is 31.7. The molecule has 0 N–H and O–H groups in total. The van der Waals surface area contributed by atoms with Crippen molar-refractivity contribution in [2.24, 2.45) is 14.1 Å². The standard InChI is InChI=1S/C48H50N6O5/c1-32-41(46(55)51(4)38-12-6-5-7-13-38)28-45(50(32)3)42-26-34-17-19-53(48(57)59-40-14-15-44-35(25-40)16-18-49(44)2)29-37(34)27-43(42)47(56)54-30-36-11-9-8-10-33(36)24-39(54)31-52-20-22-58-23-21-52/h5-16,18,25-28,39H,17,19-24,29-31H2,1-4H3/t39-/m0/s1. The first-order chi connectivity index (χ1) is 28.6. The van der Waals surface area contributed by atoms with Gasteiger partial charge in [-0.15, -0.1) is 0 Å². The Labute approximate surface area is 344 Å². The van der Waals surface area contributed by atoms with E-state index in [9.17, 15) is 9.59 Å². The first-order valence-corrected chi connectivity index (χ1v) is 20.5. The molecule has 1 fully saturated rings. The Balaban J connectivity index is 1.09. The zero-order valence-corrected chi connectivity index (χ0v) is 34.2. The van der Waals surface area contributed by atoms with Crippen molar-refractivity contribution < 1.29 is 23.9 Å². The molecule has 59 heavy (non-hydrogen) atoms. The summed E-state index contributed by atoms with van der Waals surface area (Å²) in [4.78, 5) is 51.0. The zero-order chi connectivity index (χ0) is 40.8. The number of ether oxygens (including phenoxy) is 2. The van der Waals surface area contributed by atoms with E-state index in [4.69, 9.17) is 9.47 Å². The Morgan fingerprint density at radius 1 is 0.797 bits per heavy atom. The summed E-state index contributed by atoms with van der Waals surface area (Å²) in [5, 5.41) is 0.997. The molecule has 0 spiro atoms. The molecule has 3 aliphatic heterocycles. The predicted octanol–water partition coefficient (Wildman–Crippen LogP) is 7.23. The highest BCUT2D eigenvalue weighted by atomic mass is 16.6. The van der Waals surface area contributed by atoms with Crippen LogP contribution in [0.2, 0.25) is 0 Å². The van der Waals surface area contributed by atoms with Gasteiger partial charge in [0.15, 0.2) is 0 Å². The fourth-order valence-corrected chi connectivity index (χ4v) is 8.99. The van der Waals surface area contributed by atoms with Crippen LogP contribution in [0.5, 0.6) is 5.75 Å². The first-order valence-electron chi connectivity index (χ1n) is 20.5. The molecule has 0 saturated carbocycles. The number of carbonyl (C=O) groups is 3. The van der Waals surface area contributed by atoms with Gasteiger partial charge in [0.1, 0.15) is 5.75 Å². The van der Waals surface area contributed by atoms with Gasteiger partial charge in [0.05, 0.1) is 18.8 Å². The fraction of sp³-hybridized carbons (Fsp3) is 0.312. The van der Waals surface area contributed by atoms with Gasteiger partial charge in [-0.1, -0.05) is 42.5 Å². The van der Waals surface area contributed by atoms with Crippen LogP contribution in [-0.2, 0) is 44.8 Å². The van der Waals surface area contributed by atoms with Crippen molar-refractivity contribution in [1.29, 1.82) is 0 Å². The maximum Gasteiger partial charge on any atom is 0.415 e. The molecule has 302 valence electrons. The number of amides is 3. The summed E-state index contributed by atoms with van der Waals surface area (Å²) in [7, 11) is 5.73. The Kier molecular flexibility index (Phi) is 10.3. The number of aromatic nitrogens is 2. The van der Waals surface area contributed by atoms with E-state index < -0.39 is 6.09 Å². The number of nitrogens with zero attached hydrogens (tertiary/aromatic N) is 6. The molecule has 11 heteroatoms. The van der Waals surface area contributed by atoms with E-state index in [1.54, 1.807) is 16.8 Å². The lowest BCUT2D eigenvalue weighted by molar-refractivity contribution is 0.0193. The normalized spacial score (nSPS) is 16.8. The molecule has 5 heterocycles. The van der Waals surface area contributed by atoms with Crippen LogP contribution >= 0.6 is 0 Å². The molecule has 1 atom stereocenters. The van der Waals surface area contributed by atoms with Gasteiger partial charge in [-0.25, -0.2) is 4.79 Å². The number of carbonyl (C=O) groups excluding carboxylic acids is 3. The molecule has 2 aromatic heterocycles. The minimum atomic E-state index is -0.426. The van der Waals surface area contributed by atoms with Crippen LogP contribution < -0.4 is 9.64 Å². The van der Waals surface area contributed by atoms with Crippen molar-refractivity contribution in [3.05, 3.63) is 142 Å². The van der Waals surface area contributed by atoms with Crippen LogP contribution in [0.1, 0.15) is 48.7 Å². The summed E-state index contributed by atoms with van der Waals surface area (Å²) in [5.41, 5.74) is 9.74. The molecule has 0 bridgehead atoms.